The second-order valence-electron chi connectivity index (χ2n) is 6.54. The van der Waals surface area contributed by atoms with Crippen LogP contribution < -0.4 is 5.32 Å². The van der Waals surface area contributed by atoms with Crippen molar-refractivity contribution in [2.45, 2.75) is 25.7 Å². The number of piperidine rings is 1. The van der Waals surface area contributed by atoms with E-state index >= 15 is 0 Å². The van der Waals surface area contributed by atoms with Gasteiger partial charge in [-0.05, 0) is 24.3 Å². The zero-order valence-electron chi connectivity index (χ0n) is 14.6. The molecule has 0 radical (unpaired) electrons. The molecule has 0 aliphatic carbocycles. The van der Waals surface area contributed by atoms with Crippen LogP contribution in [0.5, 0.6) is 0 Å². The summed E-state index contributed by atoms with van der Waals surface area (Å²) in [7, 11) is -0.425. The third-order valence-corrected chi connectivity index (χ3v) is 6.40. The summed E-state index contributed by atoms with van der Waals surface area (Å²) >= 11 is 0. The smallest absolute Gasteiger partial charge is 0.281 e. The van der Waals surface area contributed by atoms with Gasteiger partial charge in [-0.15, -0.1) is 0 Å². The van der Waals surface area contributed by atoms with Crippen LogP contribution in [0.15, 0.2) is 30.3 Å². The standard InChI is InChI=1S/C17H27N3O3S/c1-14(15-8-5-4-6-9-15)12-18-17(21)16-10-7-11-20(13-16)24(22,23)19(2)3/h4-6,8-9,14,16H,7,10-13H2,1-3H3,(H,18,21)/t14-,16-/m1/s1. The largest absolute Gasteiger partial charge is 0.355 e. The Labute approximate surface area is 145 Å². The molecule has 2 atom stereocenters. The molecular weight excluding hydrogens is 326 g/mol. The van der Waals surface area contributed by atoms with Crippen molar-refractivity contribution in [1.82, 2.24) is 13.9 Å². The molecule has 0 saturated carbocycles. The minimum Gasteiger partial charge on any atom is -0.355 e. The first-order chi connectivity index (χ1) is 11.3. The van der Waals surface area contributed by atoms with Crippen LogP contribution in [0, 0.1) is 5.92 Å². The molecule has 1 fully saturated rings. The van der Waals surface area contributed by atoms with Crippen LogP contribution in [0.25, 0.3) is 0 Å². The lowest BCUT2D eigenvalue weighted by Crippen LogP contribution is -2.49. The quantitative estimate of drug-likeness (QED) is 0.841. The highest BCUT2D eigenvalue weighted by molar-refractivity contribution is 7.86. The monoisotopic (exact) mass is 353 g/mol. The summed E-state index contributed by atoms with van der Waals surface area (Å²) in [6.07, 6.45) is 1.43. The number of carbonyl (C=O) groups excluding carboxylic acids is 1. The number of hydrogen-bond acceptors (Lipinski definition) is 3. The van der Waals surface area contributed by atoms with E-state index in [0.717, 1.165) is 6.42 Å². The molecule has 7 heteroatoms. The van der Waals surface area contributed by atoms with Crippen LogP contribution in [0.4, 0.5) is 0 Å². The Hall–Kier alpha value is -1.44. The minimum absolute atomic E-state index is 0.0589. The molecule has 1 N–H and O–H groups in total. The van der Waals surface area contributed by atoms with Gasteiger partial charge in [0.15, 0.2) is 0 Å². The van der Waals surface area contributed by atoms with Crippen LogP contribution in [0.3, 0.4) is 0 Å². The van der Waals surface area contributed by atoms with Gasteiger partial charge in [-0.25, -0.2) is 0 Å². The fourth-order valence-electron chi connectivity index (χ4n) is 2.89. The Bertz CT molecular complexity index is 646. The van der Waals surface area contributed by atoms with Crippen LogP contribution in [-0.4, -0.2) is 56.7 Å². The van der Waals surface area contributed by atoms with Crippen LogP contribution in [-0.2, 0) is 15.0 Å². The fraction of sp³-hybridized carbons (Fsp3) is 0.588. The van der Waals surface area contributed by atoms with Crippen molar-refractivity contribution in [3.63, 3.8) is 0 Å². The van der Waals surface area contributed by atoms with Crippen molar-refractivity contribution < 1.29 is 13.2 Å². The number of benzene rings is 1. The Kier molecular flexibility index (Phi) is 6.37. The average molecular weight is 353 g/mol. The molecular formula is C17H27N3O3S. The number of nitrogens with zero attached hydrogens (tertiary/aromatic N) is 2. The molecule has 1 aliphatic rings. The molecule has 0 unspecified atom stereocenters. The zero-order chi connectivity index (χ0) is 17.7. The number of carbonyl (C=O) groups is 1. The lowest BCUT2D eigenvalue weighted by Gasteiger charge is -2.33. The molecule has 0 bridgehead atoms. The number of hydrogen-bond donors (Lipinski definition) is 1. The maximum Gasteiger partial charge on any atom is 0.281 e. The molecule has 2 rings (SSSR count). The Morgan fingerprint density at radius 1 is 1.33 bits per heavy atom. The van der Waals surface area contributed by atoms with E-state index in [-0.39, 0.29) is 24.3 Å². The minimum atomic E-state index is -3.45. The summed E-state index contributed by atoms with van der Waals surface area (Å²) in [6, 6.07) is 10.0. The maximum absolute atomic E-state index is 12.4. The average Bonchev–Trinajstić information content (AvgIpc) is 2.60. The van der Waals surface area contributed by atoms with Crippen LogP contribution >= 0.6 is 0 Å². The van der Waals surface area contributed by atoms with Gasteiger partial charge >= 0.3 is 0 Å². The Morgan fingerprint density at radius 2 is 2.00 bits per heavy atom. The van der Waals surface area contributed by atoms with E-state index < -0.39 is 10.2 Å². The van der Waals surface area contributed by atoms with Crippen LogP contribution in [0.1, 0.15) is 31.2 Å². The first kappa shape index (κ1) is 18.9. The molecule has 1 aromatic rings. The van der Waals surface area contributed by atoms with Gasteiger partial charge in [0.2, 0.25) is 5.91 Å². The third kappa shape index (κ3) is 4.55. The van der Waals surface area contributed by atoms with Crippen molar-refractivity contribution in [2.75, 3.05) is 33.7 Å². The molecule has 1 aliphatic heterocycles. The predicted molar refractivity (Wildman–Crippen MR) is 94.8 cm³/mol. The van der Waals surface area contributed by atoms with Gasteiger partial charge in [0.25, 0.3) is 10.2 Å². The molecule has 0 spiro atoms. The third-order valence-electron chi connectivity index (χ3n) is 4.49. The summed E-state index contributed by atoms with van der Waals surface area (Å²) in [5.74, 6) is -0.117. The molecule has 24 heavy (non-hydrogen) atoms. The topological polar surface area (TPSA) is 69.7 Å². The van der Waals surface area contributed by atoms with Gasteiger partial charge in [0.1, 0.15) is 0 Å². The first-order valence-corrected chi connectivity index (χ1v) is 9.72. The van der Waals surface area contributed by atoms with E-state index in [1.165, 1.54) is 28.3 Å². The number of nitrogens with one attached hydrogen (secondary N) is 1. The van der Waals surface area contributed by atoms with E-state index in [4.69, 9.17) is 0 Å². The van der Waals surface area contributed by atoms with Gasteiger partial charge in [0, 0.05) is 33.7 Å². The highest BCUT2D eigenvalue weighted by atomic mass is 32.2. The van der Waals surface area contributed by atoms with E-state index in [2.05, 4.69) is 12.2 Å². The maximum atomic E-state index is 12.4. The summed E-state index contributed by atoms with van der Waals surface area (Å²) in [6.45, 7) is 3.36. The molecule has 1 aromatic carbocycles. The van der Waals surface area contributed by atoms with E-state index in [1.807, 2.05) is 30.3 Å². The lowest BCUT2D eigenvalue weighted by molar-refractivity contribution is -0.126. The Balaban J connectivity index is 1.90. The zero-order valence-corrected chi connectivity index (χ0v) is 15.4. The summed E-state index contributed by atoms with van der Waals surface area (Å²) in [5, 5.41) is 2.98. The number of amides is 1. The highest BCUT2D eigenvalue weighted by Crippen LogP contribution is 2.21. The predicted octanol–water partition coefficient (Wildman–Crippen LogP) is 1.42. The van der Waals surface area contributed by atoms with Crippen molar-refractivity contribution >= 4 is 16.1 Å². The molecule has 1 heterocycles. The summed E-state index contributed by atoms with van der Waals surface area (Å²) in [4.78, 5) is 12.4. The molecule has 134 valence electrons. The lowest BCUT2D eigenvalue weighted by atomic mass is 9.97. The van der Waals surface area contributed by atoms with Gasteiger partial charge in [-0.2, -0.15) is 17.0 Å². The highest BCUT2D eigenvalue weighted by Gasteiger charge is 2.33. The summed E-state index contributed by atoms with van der Waals surface area (Å²) < 4.78 is 27.1. The molecule has 0 aromatic heterocycles. The van der Waals surface area contributed by atoms with Crippen molar-refractivity contribution in [2.24, 2.45) is 5.92 Å². The Morgan fingerprint density at radius 3 is 2.62 bits per heavy atom. The van der Waals surface area contributed by atoms with E-state index in [1.54, 1.807) is 0 Å². The van der Waals surface area contributed by atoms with Gasteiger partial charge < -0.3 is 5.32 Å². The van der Waals surface area contributed by atoms with Crippen molar-refractivity contribution in [3.8, 4) is 0 Å². The summed E-state index contributed by atoms with van der Waals surface area (Å²) in [5.41, 5.74) is 1.18. The van der Waals surface area contributed by atoms with E-state index in [0.29, 0.717) is 19.5 Å². The molecule has 1 saturated heterocycles. The second-order valence-corrected chi connectivity index (χ2v) is 8.69. The first-order valence-electron chi connectivity index (χ1n) is 8.32. The second kappa shape index (κ2) is 8.09. The molecule has 1 amide bonds. The van der Waals surface area contributed by atoms with Gasteiger partial charge in [0.05, 0.1) is 5.92 Å². The number of rotatable bonds is 6. The SMILES string of the molecule is C[C@H](CNC(=O)[C@@H]1CCCN(S(=O)(=O)N(C)C)C1)c1ccccc1. The van der Waals surface area contributed by atoms with Gasteiger partial charge in [-0.1, -0.05) is 37.3 Å². The fourth-order valence-corrected chi connectivity index (χ4v) is 4.08. The van der Waals surface area contributed by atoms with Crippen LogP contribution in [0.2, 0.25) is 0 Å². The van der Waals surface area contributed by atoms with E-state index in [9.17, 15) is 13.2 Å². The molecule has 6 nitrogen and oxygen atoms in total. The van der Waals surface area contributed by atoms with Gasteiger partial charge in [-0.3, -0.25) is 4.79 Å². The normalized spacial score (nSPS) is 20.8. The van der Waals surface area contributed by atoms with Crippen molar-refractivity contribution in [1.29, 1.82) is 0 Å². The van der Waals surface area contributed by atoms with Crippen molar-refractivity contribution in [3.05, 3.63) is 35.9 Å².